The Morgan fingerprint density at radius 2 is 2.29 bits per heavy atom. The molecule has 2 aromatic rings. The molecule has 1 aromatic carbocycles. The number of nitrogens with two attached hydrogens (primary N) is 1. The molecule has 0 unspecified atom stereocenters. The lowest BCUT2D eigenvalue weighted by molar-refractivity contribution is 0.414. The van der Waals surface area contributed by atoms with Crippen LogP contribution in [-0.4, -0.2) is 16.9 Å². The first-order chi connectivity index (χ1) is 8.24. The zero-order valence-electron chi connectivity index (χ0n) is 9.64. The average molecular weight is 233 g/mol. The number of hydrogen-bond donors (Lipinski definition) is 2. The molecular weight excluding hydrogens is 218 g/mol. The van der Waals surface area contributed by atoms with Crippen LogP contribution >= 0.6 is 0 Å². The van der Waals surface area contributed by atoms with Gasteiger partial charge in [0.05, 0.1) is 13.7 Å². The van der Waals surface area contributed by atoms with E-state index in [4.69, 9.17) is 10.5 Å². The molecule has 1 aromatic heterocycles. The Kier molecular flexibility index (Phi) is 3.30. The van der Waals surface area contributed by atoms with Crippen LogP contribution in [-0.2, 0) is 13.1 Å². The minimum Gasteiger partial charge on any atom is -0.497 e. The summed E-state index contributed by atoms with van der Waals surface area (Å²) in [6, 6.07) is 7.60. The number of rotatable bonds is 4. The Hall–Kier alpha value is -2.01. The van der Waals surface area contributed by atoms with Crippen molar-refractivity contribution in [1.29, 1.82) is 0 Å². The first-order valence-electron chi connectivity index (χ1n) is 5.34. The standard InChI is InChI=1S/C12H15N3O2/c1-17-11-4-2-3-9(5-11)8-15-12(16)10(6-13)7-14-15/h2-5,7,14H,6,8,13H2,1H3. The minimum absolute atomic E-state index is 0.0738. The molecule has 1 heterocycles. The molecule has 17 heavy (non-hydrogen) atoms. The predicted octanol–water partition coefficient (Wildman–Crippen LogP) is 0.692. The van der Waals surface area contributed by atoms with Gasteiger partial charge in [0.25, 0.3) is 5.56 Å². The highest BCUT2D eigenvalue weighted by molar-refractivity contribution is 5.28. The highest BCUT2D eigenvalue weighted by atomic mass is 16.5. The Labute approximate surface area is 98.8 Å². The van der Waals surface area contributed by atoms with Crippen LogP contribution in [0.1, 0.15) is 11.1 Å². The fraction of sp³-hybridized carbons (Fsp3) is 0.250. The number of methoxy groups -OCH3 is 1. The molecule has 0 atom stereocenters. The van der Waals surface area contributed by atoms with E-state index in [1.807, 2.05) is 24.3 Å². The number of benzene rings is 1. The SMILES string of the molecule is COc1cccc(Cn2[nH]cc(CN)c2=O)c1. The molecule has 0 amide bonds. The molecule has 0 radical (unpaired) electrons. The average Bonchev–Trinajstić information content (AvgIpc) is 2.71. The van der Waals surface area contributed by atoms with Gasteiger partial charge in [-0.1, -0.05) is 12.1 Å². The highest BCUT2D eigenvalue weighted by Gasteiger charge is 2.05. The Bertz CT molecular complexity index is 557. The lowest BCUT2D eigenvalue weighted by atomic mass is 10.2. The van der Waals surface area contributed by atoms with E-state index in [0.717, 1.165) is 11.3 Å². The molecular formula is C12H15N3O2. The van der Waals surface area contributed by atoms with Crippen LogP contribution in [0.5, 0.6) is 5.75 Å². The fourth-order valence-corrected chi connectivity index (χ4v) is 1.67. The van der Waals surface area contributed by atoms with Crippen LogP contribution in [0.3, 0.4) is 0 Å². The van der Waals surface area contributed by atoms with E-state index < -0.39 is 0 Å². The molecule has 0 fully saturated rings. The quantitative estimate of drug-likeness (QED) is 0.816. The molecule has 2 rings (SSSR count). The van der Waals surface area contributed by atoms with Gasteiger partial charge >= 0.3 is 0 Å². The van der Waals surface area contributed by atoms with E-state index >= 15 is 0 Å². The maximum Gasteiger partial charge on any atom is 0.271 e. The van der Waals surface area contributed by atoms with Gasteiger partial charge in [0, 0.05) is 18.3 Å². The van der Waals surface area contributed by atoms with Crippen LogP contribution < -0.4 is 16.0 Å². The number of aromatic nitrogens is 2. The zero-order chi connectivity index (χ0) is 12.3. The van der Waals surface area contributed by atoms with E-state index in [1.54, 1.807) is 13.3 Å². The first-order valence-corrected chi connectivity index (χ1v) is 5.34. The fourth-order valence-electron chi connectivity index (χ4n) is 1.67. The molecule has 0 aliphatic rings. The number of hydrogen-bond acceptors (Lipinski definition) is 3. The minimum atomic E-state index is -0.0738. The smallest absolute Gasteiger partial charge is 0.271 e. The number of H-pyrrole nitrogens is 1. The second-order valence-electron chi connectivity index (χ2n) is 3.75. The molecule has 5 nitrogen and oxygen atoms in total. The maximum atomic E-state index is 11.8. The van der Waals surface area contributed by atoms with Crippen LogP contribution in [0.15, 0.2) is 35.3 Å². The summed E-state index contributed by atoms with van der Waals surface area (Å²) in [7, 11) is 1.62. The summed E-state index contributed by atoms with van der Waals surface area (Å²) in [4.78, 5) is 11.8. The third kappa shape index (κ3) is 2.39. The van der Waals surface area contributed by atoms with Gasteiger partial charge in [0.1, 0.15) is 5.75 Å². The van der Waals surface area contributed by atoms with Gasteiger partial charge in [-0.15, -0.1) is 0 Å². The highest BCUT2D eigenvalue weighted by Crippen LogP contribution is 2.12. The van der Waals surface area contributed by atoms with Crippen LogP contribution in [0.25, 0.3) is 0 Å². The maximum absolute atomic E-state index is 11.8. The van der Waals surface area contributed by atoms with E-state index in [0.29, 0.717) is 12.1 Å². The van der Waals surface area contributed by atoms with Crippen LogP contribution in [0.4, 0.5) is 0 Å². The Morgan fingerprint density at radius 3 is 2.94 bits per heavy atom. The molecule has 0 aliphatic heterocycles. The van der Waals surface area contributed by atoms with Crippen molar-refractivity contribution in [2.75, 3.05) is 7.11 Å². The molecule has 0 saturated heterocycles. The molecule has 0 bridgehead atoms. The summed E-state index contributed by atoms with van der Waals surface area (Å²) < 4.78 is 6.66. The first kappa shape index (κ1) is 11.5. The van der Waals surface area contributed by atoms with Gasteiger partial charge in [-0.25, -0.2) is 4.68 Å². The largest absolute Gasteiger partial charge is 0.497 e. The Morgan fingerprint density at radius 1 is 1.47 bits per heavy atom. The number of nitrogens with zero attached hydrogens (tertiary/aromatic N) is 1. The monoisotopic (exact) mass is 233 g/mol. The molecule has 0 aliphatic carbocycles. The second-order valence-corrected chi connectivity index (χ2v) is 3.75. The van der Waals surface area contributed by atoms with Gasteiger partial charge in [-0.2, -0.15) is 0 Å². The van der Waals surface area contributed by atoms with Crippen molar-refractivity contribution in [1.82, 2.24) is 9.78 Å². The third-order valence-corrected chi connectivity index (χ3v) is 2.61. The molecule has 0 saturated carbocycles. The van der Waals surface area contributed by atoms with E-state index in [2.05, 4.69) is 5.10 Å². The van der Waals surface area contributed by atoms with Gasteiger partial charge < -0.3 is 15.6 Å². The van der Waals surface area contributed by atoms with Gasteiger partial charge in [0.2, 0.25) is 0 Å². The molecule has 3 N–H and O–H groups in total. The molecule has 90 valence electrons. The lowest BCUT2D eigenvalue weighted by Crippen LogP contribution is -2.21. The summed E-state index contributed by atoms with van der Waals surface area (Å²) in [5, 5.41) is 2.89. The second kappa shape index (κ2) is 4.88. The van der Waals surface area contributed by atoms with Crippen LogP contribution in [0.2, 0.25) is 0 Å². The van der Waals surface area contributed by atoms with Crippen LogP contribution in [0, 0.1) is 0 Å². The third-order valence-electron chi connectivity index (χ3n) is 2.61. The van der Waals surface area contributed by atoms with Gasteiger partial charge in [-0.05, 0) is 17.7 Å². The molecule has 0 spiro atoms. The van der Waals surface area contributed by atoms with Crippen molar-refractivity contribution in [3.8, 4) is 5.75 Å². The van der Waals surface area contributed by atoms with Crippen molar-refractivity contribution in [2.45, 2.75) is 13.1 Å². The van der Waals surface area contributed by atoms with Crippen molar-refractivity contribution < 1.29 is 4.74 Å². The molecule has 5 heteroatoms. The number of ether oxygens (including phenoxy) is 1. The Balaban J connectivity index is 2.25. The normalized spacial score (nSPS) is 10.5. The summed E-state index contributed by atoms with van der Waals surface area (Å²) in [5.74, 6) is 0.779. The lowest BCUT2D eigenvalue weighted by Gasteiger charge is -2.04. The van der Waals surface area contributed by atoms with Crippen molar-refractivity contribution in [3.63, 3.8) is 0 Å². The summed E-state index contributed by atoms with van der Waals surface area (Å²) in [6.45, 7) is 0.733. The van der Waals surface area contributed by atoms with E-state index in [1.165, 1.54) is 4.68 Å². The van der Waals surface area contributed by atoms with Crippen molar-refractivity contribution in [2.24, 2.45) is 5.73 Å². The van der Waals surface area contributed by atoms with Gasteiger partial charge in [0.15, 0.2) is 0 Å². The van der Waals surface area contributed by atoms with Crippen molar-refractivity contribution in [3.05, 3.63) is 51.9 Å². The van der Waals surface area contributed by atoms with Crippen molar-refractivity contribution >= 4 is 0 Å². The predicted molar refractivity (Wildman–Crippen MR) is 65.0 cm³/mol. The topological polar surface area (TPSA) is 73.0 Å². The van der Waals surface area contributed by atoms with Gasteiger partial charge in [-0.3, -0.25) is 4.79 Å². The number of nitrogens with one attached hydrogen (secondary N) is 1. The van der Waals surface area contributed by atoms with E-state index in [9.17, 15) is 4.79 Å². The van der Waals surface area contributed by atoms with E-state index in [-0.39, 0.29) is 12.1 Å². The number of aromatic amines is 1. The summed E-state index contributed by atoms with van der Waals surface area (Å²) >= 11 is 0. The summed E-state index contributed by atoms with van der Waals surface area (Å²) in [6.07, 6.45) is 1.64. The zero-order valence-corrected chi connectivity index (χ0v) is 9.64. The summed E-state index contributed by atoms with van der Waals surface area (Å²) in [5.41, 5.74) is 6.96.